The van der Waals surface area contributed by atoms with Crippen LogP contribution in [0.5, 0.6) is 5.75 Å². The maximum atomic E-state index is 13.4. The van der Waals surface area contributed by atoms with Crippen molar-refractivity contribution in [3.63, 3.8) is 0 Å². The van der Waals surface area contributed by atoms with Crippen molar-refractivity contribution in [2.24, 2.45) is 35.5 Å². The summed E-state index contributed by atoms with van der Waals surface area (Å²) in [6.07, 6.45) is 2.35. The molecular formula is C38H54O13. The minimum absolute atomic E-state index is 0.0411. The molecule has 0 radical (unpaired) electrons. The second-order valence-electron chi connectivity index (χ2n) is 13.8. The van der Waals surface area contributed by atoms with Gasteiger partial charge in [0.15, 0.2) is 6.10 Å². The van der Waals surface area contributed by atoms with E-state index in [0.717, 1.165) is 19.3 Å². The van der Waals surface area contributed by atoms with Crippen LogP contribution in [0.15, 0.2) is 47.6 Å². The van der Waals surface area contributed by atoms with Gasteiger partial charge < -0.3 is 34.6 Å². The van der Waals surface area contributed by atoms with E-state index in [1.807, 2.05) is 6.08 Å². The summed E-state index contributed by atoms with van der Waals surface area (Å²) in [7, 11) is 0. The molecule has 0 heterocycles. The number of carbonyl (C=O) groups excluding carboxylic acids is 3. The third-order valence-electron chi connectivity index (χ3n) is 8.47. The molecule has 13 nitrogen and oxygen atoms in total. The van der Waals surface area contributed by atoms with Gasteiger partial charge in [-0.2, -0.15) is 0 Å². The average molecular weight is 719 g/mol. The summed E-state index contributed by atoms with van der Waals surface area (Å²) in [5, 5.41) is 37.9. The van der Waals surface area contributed by atoms with E-state index in [0.29, 0.717) is 34.6 Å². The van der Waals surface area contributed by atoms with Gasteiger partial charge in [-0.3, -0.25) is 14.4 Å². The van der Waals surface area contributed by atoms with E-state index >= 15 is 0 Å². The fraction of sp³-hybridized carbons (Fsp3) is 0.579. The zero-order valence-electron chi connectivity index (χ0n) is 30.8. The van der Waals surface area contributed by atoms with Crippen LogP contribution < -0.4 is 4.74 Å². The molecule has 0 bridgehead atoms. The molecule has 284 valence electrons. The third-order valence-corrected chi connectivity index (χ3v) is 8.47. The van der Waals surface area contributed by atoms with Crippen molar-refractivity contribution in [2.75, 3.05) is 0 Å². The molecule has 0 aliphatic carbocycles. The van der Waals surface area contributed by atoms with Gasteiger partial charge in [0.25, 0.3) is 0 Å². The SMILES string of the molecule is CCC(C)CC(C)CC(C)CC(C)/C=C(C)/C=C(/CC(C)C(=O)OC(C(=O)O)C(C(=O)O)C(O)C(=O)O)C(=O)OCc1ccc(OC(C)=O)cc1. The van der Waals surface area contributed by atoms with E-state index in [1.54, 1.807) is 25.1 Å². The Kier molecular flexibility index (Phi) is 18.9. The number of ether oxygens (including phenoxy) is 3. The van der Waals surface area contributed by atoms with Crippen molar-refractivity contribution in [3.8, 4) is 5.75 Å². The number of hydrogen-bond donors (Lipinski definition) is 4. The van der Waals surface area contributed by atoms with Gasteiger partial charge in [-0.05, 0) is 80.1 Å². The first kappa shape index (κ1) is 44.5. The molecule has 0 fully saturated rings. The van der Waals surface area contributed by atoms with Crippen molar-refractivity contribution in [3.05, 3.63) is 53.1 Å². The molecule has 0 saturated heterocycles. The predicted octanol–water partition coefficient (Wildman–Crippen LogP) is 5.82. The number of rotatable bonds is 22. The number of hydrogen-bond acceptors (Lipinski definition) is 10. The van der Waals surface area contributed by atoms with Crippen LogP contribution in [0, 0.1) is 35.5 Å². The molecule has 0 saturated carbocycles. The Balaban J connectivity index is 3.27. The number of benzene rings is 1. The second kappa shape index (κ2) is 21.6. The lowest BCUT2D eigenvalue weighted by molar-refractivity contribution is -0.183. The molecule has 8 atom stereocenters. The van der Waals surface area contributed by atoms with Gasteiger partial charge in [0, 0.05) is 12.5 Å². The topological polar surface area (TPSA) is 211 Å². The van der Waals surface area contributed by atoms with E-state index in [9.17, 15) is 44.1 Å². The van der Waals surface area contributed by atoms with Crippen molar-refractivity contribution in [2.45, 2.75) is 106 Å². The van der Waals surface area contributed by atoms with Crippen molar-refractivity contribution in [1.82, 2.24) is 0 Å². The highest BCUT2D eigenvalue weighted by Gasteiger charge is 2.45. The van der Waals surface area contributed by atoms with Crippen molar-refractivity contribution < 1.29 is 63.4 Å². The Labute approximate surface area is 299 Å². The number of esters is 3. The van der Waals surface area contributed by atoms with Crippen LogP contribution in [0.1, 0.15) is 93.1 Å². The van der Waals surface area contributed by atoms with Crippen LogP contribution in [0.2, 0.25) is 0 Å². The molecule has 8 unspecified atom stereocenters. The normalized spacial score (nSPS) is 16.7. The van der Waals surface area contributed by atoms with Gasteiger partial charge in [-0.25, -0.2) is 14.4 Å². The minimum atomic E-state index is -2.68. The van der Waals surface area contributed by atoms with E-state index in [2.05, 4.69) is 34.6 Å². The molecule has 1 aromatic rings. The standard InChI is InChI=1S/C38H54O13/c1-9-21(2)14-22(3)15-23(4)16-24(5)17-25(6)18-29(38(48)49-20-28-10-12-30(13-11-28)50-27(8)39)19-26(7)37(47)51-33(36(45)46)31(34(41)42)32(40)35(43)44/h10-13,17-18,21-24,26,31-33,40H,9,14-16,19-20H2,1-8H3,(H,41,42)(H,43,44)(H,45,46)/b25-17+,29-18-. The summed E-state index contributed by atoms with van der Waals surface area (Å²) >= 11 is 0. The van der Waals surface area contributed by atoms with Gasteiger partial charge >= 0.3 is 35.8 Å². The molecule has 0 amide bonds. The smallest absolute Gasteiger partial charge is 0.346 e. The molecule has 0 spiro atoms. The largest absolute Gasteiger partial charge is 0.481 e. The highest BCUT2D eigenvalue weighted by Crippen LogP contribution is 2.27. The number of allylic oxidation sites excluding steroid dienone is 3. The van der Waals surface area contributed by atoms with Gasteiger partial charge in [-0.1, -0.05) is 71.7 Å². The van der Waals surface area contributed by atoms with E-state index in [-0.39, 0.29) is 24.5 Å². The van der Waals surface area contributed by atoms with Crippen LogP contribution in [0.3, 0.4) is 0 Å². The van der Waals surface area contributed by atoms with E-state index in [4.69, 9.17) is 19.3 Å². The Bertz CT molecular complexity index is 1410. The van der Waals surface area contributed by atoms with Crippen LogP contribution in [0.4, 0.5) is 0 Å². The number of aliphatic hydroxyl groups excluding tert-OH is 1. The number of aliphatic hydroxyl groups is 1. The Hall–Kier alpha value is -4.52. The molecule has 13 heteroatoms. The average Bonchev–Trinajstić information content (AvgIpc) is 3.02. The maximum absolute atomic E-state index is 13.4. The Morgan fingerprint density at radius 3 is 1.86 bits per heavy atom. The van der Waals surface area contributed by atoms with Gasteiger partial charge in [-0.15, -0.1) is 0 Å². The molecular weight excluding hydrogens is 664 g/mol. The van der Waals surface area contributed by atoms with Crippen LogP contribution in [0.25, 0.3) is 0 Å². The molecule has 4 N–H and O–H groups in total. The van der Waals surface area contributed by atoms with E-state index < -0.39 is 59.9 Å². The van der Waals surface area contributed by atoms with E-state index in [1.165, 1.54) is 32.4 Å². The molecule has 1 aromatic carbocycles. The van der Waals surface area contributed by atoms with Gasteiger partial charge in [0.1, 0.15) is 18.3 Å². The number of carboxylic acids is 3. The number of aliphatic carboxylic acids is 3. The summed E-state index contributed by atoms with van der Waals surface area (Å²) in [5.41, 5.74) is 1.32. The predicted molar refractivity (Wildman–Crippen MR) is 186 cm³/mol. The highest BCUT2D eigenvalue weighted by molar-refractivity contribution is 5.91. The molecule has 0 aliphatic rings. The summed E-state index contributed by atoms with van der Waals surface area (Å²) in [6, 6.07) is 6.26. The maximum Gasteiger partial charge on any atom is 0.346 e. The summed E-state index contributed by atoms with van der Waals surface area (Å²) < 4.78 is 15.5. The fourth-order valence-corrected chi connectivity index (χ4v) is 5.99. The summed E-state index contributed by atoms with van der Waals surface area (Å²) in [4.78, 5) is 72.4. The zero-order valence-corrected chi connectivity index (χ0v) is 30.8. The molecule has 51 heavy (non-hydrogen) atoms. The van der Waals surface area contributed by atoms with Gasteiger partial charge in [0.05, 0.1) is 5.92 Å². The van der Waals surface area contributed by atoms with Gasteiger partial charge in [0.2, 0.25) is 6.10 Å². The molecule has 0 aromatic heterocycles. The minimum Gasteiger partial charge on any atom is -0.481 e. The van der Waals surface area contributed by atoms with Crippen molar-refractivity contribution >= 4 is 35.8 Å². The van der Waals surface area contributed by atoms with Crippen LogP contribution >= 0.6 is 0 Å². The zero-order chi connectivity index (χ0) is 39.0. The fourth-order valence-electron chi connectivity index (χ4n) is 5.99. The summed E-state index contributed by atoms with van der Waals surface area (Å²) in [5.74, 6) is -10.1. The summed E-state index contributed by atoms with van der Waals surface area (Å²) in [6.45, 7) is 15.2. The Morgan fingerprint density at radius 2 is 1.35 bits per heavy atom. The Morgan fingerprint density at radius 1 is 0.784 bits per heavy atom. The van der Waals surface area contributed by atoms with Crippen LogP contribution in [-0.2, 0) is 44.8 Å². The number of carboxylic acid groups (broad SMARTS) is 3. The quantitative estimate of drug-likeness (QED) is 0.0482. The monoisotopic (exact) mass is 718 g/mol. The second-order valence-corrected chi connectivity index (χ2v) is 13.8. The lowest BCUT2D eigenvalue weighted by Gasteiger charge is -2.24. The number of carbonyl (C=O) groups is 6. The lowest BCUT2D eigenvalue weighted by Crippen LogP contribution is -2.48. The van der Waals surface area contributed by atoms with Crippen LogP contribution in [-0.4, -0.2) is 68.4 Å². The molecule has 0 aliphatic heterocycles. The highest BCUT2D eigenvalue weighted by atomic mass is 16.6. The molecule has 1 rings (SSSR count). The first-order valence-corrected chi connectivity index (χ1v) is 17.2. The first-order valence-electron chi connectivity index (χ1n) is 17.2. The lowest BCUT2D eigenvalue weighted by atomic mass is 9.84. The third kappa shape index (κ3) is 16.4. The first-order chi connectivity index (χ1) is 23.7. The van der Waals surface area contributed by atoms with Crippen molar-refractivity contribution in [1.29, 1.82) is 0 Å².